The number of aryl methyl sites for hydroxylation is 1. The zero-order valence-electron chi connectivity index (χ0n) is 14.4. The van der Waals surface area contributed by atoms with Crippen LogP contribution in [0.2, 0.25) is 0 Å². The molecule has 1 saturated heterocycles. The predicted molar refractivity (Wildman–Crippen MR) is 94.9 cm³/mol. The second-order valence-electron chi connectivity index (χ2n) is 6.86. The molecular weight excluding hydrogens is 302 g/mol. The zero-order valence-corrected chi connectivity index (χ0v) is 14.4. The highest BCUT2D eigenvalue weighted by molar-refractivity contribution is 5.93. The van der Waals surface area contributed by atoms with Gasteiger partial charge in [-0.05, 0) is 43.4 Å². The Bertz CT molecular complexity index is 607. The van der Waals surface area contributed by atoms with Crippen molar-refractivity contribution in [3.63, 3.8) is 0 Å². The van der Waals surface area contributed by atoms with Gasteiger partial charge in [-0.15, -0.1) is 0 Å². The molecule has 2 N–H and O–H groups in total. The number of carbonyl (C=O) groups is 2. The first kappa shape index (κ1) is 17.0. The number of fused-ring (bicyclic) bond motifs is 1. The van der Waals surface area contributed by atoms with Gasteiger partial charge in [0.2, 0.25) is 11.8 Å². The molecule has 3 rings (SSSR count). The monoisotopic (exact) mass is 329 g/mol. The van der Waals surface area contributed by atoms with Gasteiger partial charge in [-0.2, -0.15) is 0 Å². The molecule has 2 aliphatic rings. The van der Waals surface area contributed by atoms with E-state index in [1.165, 1.54) is 18.4 Å². The summed E-state index contributed by atoms with van der Waals surface area (Å²) in [6.07, 6.45) is 6.05. The second kappa shape index (κ2) is 7.79. The summed E-state index contributed by atoms with van der Waals surface area (Å²) in [5, 5.41) is 6.26. The number of carbonyl (C=O) groups excluding carboxylic acids is 2. The van der Waals surface area contributed by atoms with E-state index in [1.54, 1.807) is 0 Å². The zero-order chi connectivity index (χ0) is 16.9. The molecule has 0 aromatic heterocycles. The van der Waals surface area contributed by atoms with Crippen LogP contribution in [-0.2, 0) is 16.0 Å². The summed E-state index contributed by atoms with van der Waals surface area (Å²) in [6, 6.07) is 6.25. The van der Waals surface area contributed by atoms with Gasteiger partial charge in [0.1, 0.15) is 0 Å². The first-order chi connectivity index (χ1) is 11.6. The van der Waals surface area contributed by atoms with Crippen molar-refractivity contribution in [1.29, 1.82) is 0 Å². The molecule has 0 saturated carbocycles. The summed E-state index contributed by atoms with van der Waals surface area (Å²) >= 11 is 0. The minimum Gasteiger partial charge on any atom is -0.342 e. The maximum absolute atomic E-state index is 12.4. The lowest BCUT2D eigenvalue weighted by atomic mass is 9.98. The van der Waals surface area contributed by atoms with Gasteiger partial charge in [-0.3, -0.25) is 9.59 Å². The van der Waals surface area contributed by atoms with E-state index in [1.807, 2.05) is 17.0 Å². The van der Waals surface area contributed by atoms with Crippen LogP contribution in [0.5, 0.6) is 0 Å². The first-order valence-electron chi connectivity index (χ1n) is 9.07. The number of nitrogens with one attached hydrogen (secondary N) is 2. The van der Waals surface area contributed by atoms with Gasteiger partial charge in [0, 0.05) is 31.2 Å². The molecule has 2 heterocycles. The van der Waals surface area contributed by atoms with E-state index in [0.717, 1.165) is 43.6 Å². The minimum absolute atomic E-state index is 0.0875. The van der Waals surface area contributed by atoms with Gasteiger partial charge in [0.15, 0.2) is 0 Å². The molecule has 1 fully saturated rings. The highest BCUT2D eigenvalue weighted by Crippen LogP contribution is 2.26. The number of hydrogen-bond donors (Lipinski definition) is 2. The van der Waals surface area contributed by atoms with Crippen LogP contribution in [0.3, 0.4) is 0 Å². The van der Waals surface area contributed by atoms with E-state index in [-0.39, 0.29) is 17.9 Å². The number of anilines is 1. The second-order valence-corrected chi connectivity index (χ2v) is 6.86. The van der Waals surface area contributed by atoms with Crippen molar-refractivity contribution in [1.82, 2.24) is 10.2 Å². The van der Waals surface area contributed by atoms with Crippen molar-refractivity contribution in [2.24, 2.45) is 0 Å². The Hall–Kier alpha value is -1.88. The van der Waals surface area contributed by atoms with Crippen molar-refractivity contribution < 1.29 is 9.59 Å². The molecule has 24 heavy (non-hydrogen) atoms. The molecule has 130 valence electrons. The third-order valence-corrected chi connectivity index (χ3v) is 5.04. The molecule has 5 nitrogen and oxygen atoms in total. The van der Waals surface area contributed by atoms with Crippen molar-refractivity contribution in [2.75, 3.05) is 25.0 Å². The number of nitrogens with zero attached hydrogens (tertiary/aromatic N) is 1. The number of amides is 2. The van der Waals surface area contributed by atoms with Crippen LogP contribution in [0, 0.1) is 0 Å². The summed E-state index contributed by atoms with van der Waals surface area (Å²) in [5.41, 5.74) is 3.26. The van der Waals surface area contributed by atoms with Gasteiger partial charge in [0.25, 0.3) is 0 Å². The lowest BCUT2D eigenvalue weighted by molar-refractivity contribution is -0.130. The van der Waals surface area contributed by atoms with Crippen molar-refractivity contribution in [2.45, 2.75) is 51.5 Å². The SMILES string of the molecule is C[C@H](NCC(=O)N1CCCCCC1)c1ccc2c(c1)CCC(=O)N2. The molecule has 2 amide bonds. The van der Waals surface area contributed by atoms with Crippen molar-refractivity contribution in [3.05, 3.63) is 29.3 Å². The van der Waals surface area contributed by atoms with Crippen LogP contribution >= 0.6 is 0 Å². The van der Waals surface area contributed by atoms with Crippen LogP contribution < -0.4 is 10.6 Å². The number of hydrogen-bond acceptors (Lipinski definition) is 3. The van der Waals surface area contributed by atoms with E-state index in [0.29, 0.717) is 13.0 Å². The third-order valence-electron chi connectivity index (χ3n) is 5.04. The highest BCUT2D eigenvalue weighted by Gasteiger charge is 2.18. The first-order valence-corrected chi connectivity index (χ1v) is 9.07. The summed E-state index contributed by atoms with van der Waals surface area (Å²) in [7, 11) is 0. The maximum Gasteiger partial charge on any atom is 0.236 e. The molecule has 0 bridgehead atoms. The Balaban J connectivity index is 1.55. The standard InChI is InChI=1S/C19H27N3O2/c1-14(20-13-19(24)22-10-4-2-3-5-11-22)15-6-8-17-16(12-15)7-9-18(23)21-17/h6,8,12,14,20H,2-5,7,9-11,13H2,1H3,(H,21,23)/t14-/m0/s1. The Labute approximate surface area is 143 Å². The molecule has 0 unspecified atom stereocenters. The van der Waals surface area contributed by atoms with Crippen LogP contribution in [0.25, 0.3) is 0 Å². The Morgan fingerprint density at radius 3 is 2.71 bits per heavy atom. The van der Waals surface area contributed by atoms with Gasteiger partial charge in [-0.25, -0.2) is 0 Å². The Kier molecular flexibility index (Phi) is 5.51. The quantitative estimate of drug-likeness (QED) is 0.893. The normalized spacial score (nSPS) is 19.2. The van der Waals surface area contributed by atoms with Gasteiger partial charge in [-0.1, -0.05) is 25.0 Å². The molecule has 1 aromatic carbocycles. The van der Waals surface area contributed by atoms with E-state index < -0.39 is 0 Å². The summed E-state index contributed by atoms with van der Waals surface area (Å²) < 4.78 is 0. The summed E-state index contributed by atoms with van der Waals surface area (Å²) in [5.74, 6) is 0.290. The van der Waals surface area contributed by atoms with Crippen LogP contribution in [0.4, 0.5) is 5.69 Å². The Morgan fingerprint density at radius 2 is 1.96 bits per heavy atom. The average Bonchev–Trinajstić information content (AvgIpc) is 2.88. The molecular formula is C19H27N3O2. The van der Waals surface area contributed by atoms with Crippen LogP contribution in [-0.4, -0.2) is 36.3 Å². The number of benzene rings is 1. The van der Waals surface area contributed by atoms with Gasteiger partial charge in [0.05, 0.1) is 6.54 Å². The molecule has 0 aliphatic carbocycles. The lowest BCUT2D eigenvalue weighted by Crippen LogP contribution is -2.39. The molecule has 1 atom stereocenters. The fraction of sp³-hybridized carbons (Fsp3) is 0.579. The van der Waals surface area contributed by atoms with Crippen LogP contribution in [0.15, 0.2) is 18.2 Å². The van der Waals surface area contributed by atoms with Crippen molar-refractivity contribution in [3.8, 4) is 0 Å². The largest absolute Gasteiger partial charge is 0.342 e. The Morgan fingerprint density at radius 1 is 1.21 bits per heavy atom. The minimum atomic E-state index is 0.0875. The van der Waals surface area contributed by atoms with E-state index in [2.05, 4.69) is 23.6 Å². The highest BCUT2D eigenvalue weighted by atomic mass is 16.2. The molecule has 0 spiro atoms. The van der Waals surface area contributed by atoms with E-state index >= 15 is 0 Å². The van der Waals surface area contributed by atoms with E-state index in [4.69, 9.17) is 0 Å². The smallest absolute Gasteiger partial charge is 0.236 e. The predicted octanol–water partition coefficient (Wildman–Crippen LogP) is 2.62. The summed E-state index contributed by atoms with van der Waals surface area (Å²) in [4.78, 5) is 25.8. The molecule has 1 aromatic rings. The van der Waals surface area contributed by atoms with Crippen molar-refractivity contribution >= 4 is 17.5 Å². The third kappa shape index (κ3) is 4.15. The molecule has 0 radical (unpaired) electrons. The van der Waals surface area contributed by atoms with E-state index in [9.17, 15) is 9.59 Å². The average molecular weight is 329 g/mol. The fourth-order valence-corrected chi connectivity index (χ4v) is 3.46. The molecule has 2 aliphatic heterocycles. The fourth-order valence-electron chi connectivity index (χ4n) is 3.46. The maximum atomic E-state index is 12.4. The molecule has 5 heteroatoms. The number of rotatable bonds is 4. The lowest BCUT2D eigenvalue weighted by Gasteiger charge is -2.23. The topological polar surface area (TPSA) is 61.4 Å². The summed E-state index contributed by atoms with van der Waals surface area (Å²) in [6.45, 7) is 4.26. The van der Waals surface area contributed by atoms with Gasteiger partial charge >= 0.3 is 0 Å². The van der Waals surface area contributed by atoms with Gasteiger partial charge < -0.3 is 15.5 Å². The van der Waals surface area contributed by atoms with Crippen LogP contribution in [0.1, 0.15) is 56.2 Å². The number of likely N-dealkylation sites (tertiary alicyclic amines) is 1.